The molecule has 11 nitrogen and oxygen atoms in total. The molecular weight excluding hydrogens is 364 g/mol. The van der Waals surface area contributed by atoms with Gasteiger partial charge in [0.15, 0.2) is 18.4 Å². The fourth-order valence-electron chi connectivity index (χ4n) is 2.69. The lowest BCUT2D eigenvalue weighted by atomic mass is 10.1. The second-order valence-corrected chi connectivity index (χ2v) is 5.99. The Bertz CT molecular complexity index is 856. The number of hydrogen-bond donors (Lipinski definition) is 1. The number of rotatable bonds is 5. The maximum Gasteiger partial charge on any atom is 0.330 e. The quantitative estimate of drug-likeness (QED) is 0.508. The standard InChI is InChI=1S/C16H20N2O9/c1-7-5-18(16(23)17-14(7)22)15-13(26-10(4)21)12(25-9(3)20)11(27-15)6-24-8(2)19/h5,11-13,15H,6H2,1-4H3,(H,17,22,23). The Labute approximate surface area is 153 Å². The molecule has 1 aromatic heterocycles. The molecule has 4 unspecified atom stereocenters. The van der Waals surface area contributed by atoms with Crippen LogP contribution in [0.15, 0.2) is 15.8 Å². The van der Waals surface area contributed by atoms with Crippen molar-refractivity contribution in [2.45, 2.75) is 52.2 Å². The lowest BCUT2D eigenvalue weighted by Crippen LogP contribution is -2.42. The molecule has 0 spiro atoms. The lowest BCUT2D eigenvalue weighted by molar-refractivity contribution is -0.166. The van der Waals surface area contributed by atoms with Crippen LogP contribution in [0, 0.1) is 6.92 Å². The molecule has 0 aliphatic carbocycles. The van der Waals surface area contributed by atoms with Crippen LogP contribution in [0.1, 0.15) is 32.6 Å². The average molecular weight is 384 g/mol. The summed E-state index contributed by atoms with van der Waals surface area (Å²) in [5.41, 5.74) is -1.17. The first kappa shape index (κ1) is 20.4. The van der Waals surface area contributed by atoms with Gasteiger partial charge in [-0.2, -0.15) is 0 Å². The van der Waals surface area contributed by atoms with Crippen molar-refractivity contribution in [1.29, 1.82) is 0 Å². The van der Waals surface area contributed by atoms with Crippen molar-refractivity contribution in [3.8, 4) is 0 Å². The van der Waals surface area contributed by atoms with Crippen LogP contribution in [-0.4, -0.2) is 52.4 Å². The van der Waals surface area contributed by atoms with Gasteiger partial charge in [-0.05, 0) is 6.92 Å². The van der Waals surface area contributed by atoms with Crippen molar-refractivity contribution >= 4 is 17.9 Å². The van der Waals surface area contributed by atoms with E-state index in [1.54, 1.807) is 0 Å². The minimum absolute atomic E-state index is 0.215. The van der Waals surface area contributed by atoms with E-state index in [4.69, 9.17) is 18.9 Å². The van der Waals surface area contributed by atoms with E-state index in [-0.39, 0.29) is 12.2 Å². The summed E-state index contributed by atoms with van der Waals surface area (Å²) in [5, 5.41) is 0. The lowest BCUT2D eigenvalue weighted by Gasteiger charge is -2.24. The molecule has 0 radical (unpaired) electrons. The molecule has 0 amide bonds. The third kappa shape index (κ3) is 4.82. The van der Waals surface area contributed by atoms with Crippen molar-refractivity contribution in [3.63, 3.8) is 0 Å². The van der Waals surface area contributed by atoms with Crippen LogP contribution >= 0.6 is 0 Å². The normalized spacial score (nSPS) is 24.3. The summed E-state index contributed by atoms with van der Waals surface area (Å²) in [4.78, 5) is 60.0. The summed E-state index contributed by atoms with van der Waals surface area (Å²) in [6, 6.07) is 0. The van der Waals surface area contributed by atoms with E-state index in [0.717, 1.165) is 18.4 Å². The van der Waals surface area contributed by atoms with Crippen LogP contribution in [0.3, 0.4) is 0 Å². The molecule has 1 aromatic rings. The van der Waals surface area contributed by atoms with E-state index >= 15 is 0 Å². The zero-order valence-electron chi connectivity index (χ0n) is 15.2. The number of hydrogen-bond acceptors (Lipinski definition) is 9. The van der Waals surface area contributed by atoms with Crippen molar-refractivity contribution in [2.24, 2.45) is 0 Å². The van der Waals surface area contributed by atoms with Gasteiger partial charge < -0.3 is 18.9 Å². The Morgan fingerprint density at radius 2 is 1.67 bits per heavy atom. The fraction of sp³-hybridized carbons (Fsp3) is 0.562. The zero-order valence-corrected chi connectivity index (χ0v) is 15.2. The molecule has 2 heterocycles. The summed E-state index contributed by atoms with van der Waals surface area (Å²) in [6.07, 6.45) is -3.29. The van der Waals surface area contributed by atoms with Gasteiger partial charge in [-0.3, -0.25) is 28.7 Å². The second-order valence-electron chi connectivity index (χ2n) is 5.99. The summed E-state index contributed by atoms with van der Waals surface area (Å²) < 4.78 is 22.1. The predicted octanol–water partition coefficient (Wildman–Crippen LogP) is -0.831. The average Bonchev–Trinajstić information content (AvgIpc) is 2.85. The molecule has 148 valence electrons. The van der Waals surface area contributed by atoms with Crippen molar-refractivity contribution < 1.29 is 33.3 Å². The number of nitrogens with zero attached hydrogens (tertiary/aromatic N) is 1. The number of carbonyl (C=O) groups excluding carboxylic acids is 3. The Balaban J connectivity index is 2.47. The number of nitrogens with one attached hydrogen (secondary N) is 1. The highest BCUT2D eigenvalue weighted by Crippen LogP contribution is 2.33. The maximum atomic E-state index is 12.2. The summed E-state index contributed by atoms with van der Waals surface area (Å²) in [7, 11) is 0. The summed E-state index contributed by atoms with van der Waals surface area (Å²) in [6.45, 7) is 4.66. The van der Waals surface area contributed by atoms with E-state index in [0.29, 0.717) is 0 Å². The van der Waals surface area contributed by atoms with Crippen LogP contribution in [0.4, 0.5) is 0 Å². The van der Waals surface area contributed by atoms with Crippen LogP contribution in [0.5, 0.6) is 0 Å². The molecule has 0 saturated carbocycles. The van der Waals surface area contributed by atoms with E-state index in [2.05, 4.69) is 4.98 Å². The molecule has 1 saturated heterocycles. The van der Waals surface area contributed by atoms with E-state index in [9.17, 15) is 24.0 Å². The number of ether oxygens (including phenoxy) is 4. The minimum Gasteiger partial charge on any atom is -0.463 e. The molecule has 0 bridgehead atoms. The monoisotopic (exact) mass is 384 g/mol. The van der Waals surface area contributed by atoms with Crippen LogP contribution in [-0.2, 0) is 33.3 Å². The third-order valence-electron chi connectivity index (χ3n) is 3.76. The molecule has 1 N–H and O–H groups in total. The highest BCUT2D eigenvalue weighted by atomic mass is 16.7. The molecule has 1 fully saturated rings. The first-order valence-corrected chi connectivity index (χ1v) is 8.05. The molecular formula is C16H20N2O9. The Hall–Kier alpha value is -2.95. The maximum absolute atomic E-state index is 12.2. The van der Waals surface area contributed by atoms with Crippen molar-refractivity contribution in [1.82, 2.24) is 9.55 Å². The zero-order chi connectivity index (χ0) is 20.3. The highest BCUT2D eigenvalue weighted by molar-refractivity contribution is 5.67. The SMILES string of the molecule is CC(=O)OCC1OC(n2cc(C)c(=O)[nH]c2=O)C(OC(C)=O)C1OC(C)=O. The van der Waals surface area contributed by atoms with Gasteiger partial charge in [0.2, 0.25) is 0 Å². The molecule has 2 rings (SSSR count). The summed E-state index contributed by atoms with van der Waals surface area (Å²) >= 11 is 0. The number of esters is 3. The molecule has 11 heteroatoms. The Morgan fingerprint density at radius 3 is 2.22 bits per heavy atom. The van der Waals surface area contributed by atoms with Gasteiger partial charge in [-0.25, -0.2) is 4.79 Å². The third-order valence-corrected chi connectivity index (χ3v) is 3.76. The van der Waals surface area contributed by atoms with Gasteiger partial charge in [0.1, 0.15) is 12.7 Å². The number of aryl methyl sites for hydroxylation is 1. The van der Waals surface area contributed by atoms with E-state index < -0.39 is 53.7 Å². The van der Waals surface area contributed by atoms with Crippen LogP contribution in [0.2, 0.25) is 0 Å². The number of aromatic amines is 1. The van der Waals surface area contributed by atoms with Crippen LogP contribution in [0.25, 0.3) is 0 Å². The van der Waals surface area contributed by atoms with Gasteiger partial charge >= 0.3 is 23.6 Å². The topological polar surface area (TPSA) is 143 Å². The van der Waals surface area contributed by atoms with E-state index in [1.165, 1.54) is 20.0 Å². The van der Waals surface area contributed by atoms with E-state index in [1.807, 2.05) is 0 Å². The minimum atomic E-state index is -1.21. The second kappa shape index (κ2) is 8.16. The smallest absolute Gasteiger partial charge is 0.330 e. The molecule has 1 aliphatic heterocycles. The largest absolute Gasteiger partial charge is 0.463 e. The summed E-state index contributed by atoms with van der Waals surface area (Å²) in [5.74, 6) is -1.97. The molecule has 4 atom stereocenters. The first-order valence-electron chi connectivity index (χ1n) is 8.05. The Morgan fingerprint density at radius 1 is 1.07 bits per heavy atom. The number of carbonyl (C=O) groups is 3. The predicted molar refractivity (Wildman–Crippen MR) is 87.7 cm³/mol. The fourth-order valence-corrected chi connectivity index (χ4v) is 2.69. The number of H-pyrrole nitrogens is 1. The van der Waals surface area contributed by atoms with Crippen molar-refractivity contribution in [3.05, 3.63) is 32.6 Å². The van der Waals surface area contributed by atoms with Gasteiger partial charge in [0, 0.05) is 32.5 Å². The van der Waals surface area contributed by atoms with Gasteiger partial charge in [0.05, 0.1) is 0 Å². The molecule has 1 aliphatic rings. The van der Waals surface area contributed by atoms with Gasteiger partial charge in [-0.15, -0.1) is 0 Å². The van der Waals surface area contributed by atoms with Crippen molar-refractivity contribution in [2.75, 3.05) is 6.61 Å². The number of aromatic nitrogens is 2. The Kier molecular flexibility index (Phi) is 6.16. The van der Waals surface area contributed by atoms with Gasteiger partial charge in [-0.1, -0.05) is 0 Å². The van der Waals surface area contributed by atoms with Gasteiger partial charge in [0.25, 0.3) is 5.56 Å². The molecule has 0 aromatic carbocycles. The van der Waals surface area contributed by atoms with Crippen LogP contribution < -0.4 is 11.2 Å². The highest BCUT2D eigenvalue weighted by Gasteiger charge is 2.50. The first-order chi connectivity index (χ1) is 12.6. The molecule has 27 heavy (non-hydrogen) atoms.